The molecule has 0 fully saturated rings. The van der Waals surface area contributed by atoms with E-state index in [1.165, 1.54) is 11.3 Å². The van der Waals surface area contributed by atoms with Crippen LogP contribution in [-0.4, -0.2) is 37.1 Å². The summed E-state index contributed by atoms with van der Waals surface area (Å²) in [5.74, 6) is 0.897. The van der Waals surface area contributed by atoms with Gasteiger partial charge in [-0.3, -0.25) is 0 Å². The van der Waals surface area contributed by atoms with Gasteiger partial charge < -0.3 is 15.4 Å². The van der Waals surface area contributed by atoms with E-state index in [0.717, 1.165) is 41.5 Å². The van der Waals surface area contributed by atoms with Crippen LogP contribution in [0.5, 0.6) is 5.75 Å². The molecule has 5 heteroatoms. The number of nitrogen functional groups attached to an aromatic ring is 1. The van der Waals surface area contributed by atoms with E-state index in [0.29, 0.717) is 5.13 Å². The molecule has 0 saturated carbocycles. The Bertz CT molecular complexity index is 549. The normalized spacial score (nSPS) is 11.0. The lowest BCUT2D eigenvalue weighted by Crippen LogP contribution is -2.15. The predicted octanol–water partition coefficient (Wildman–Crippen LogP) is 3.03. The summed E-state index contributed by atoms with van der Waals surface area (Å²) >= 11 is 1.52. The summed E-state index contributed by atoms with van der Waals surface area (Å²) in [6, 6.07) is 8.03. The minimum Gasteiger partial charge on any atom is -0.494 e. The molecule has 1 aromatic carbocycles. The first-order chi connectivity index (χ1) is 9.56. The third-order valence-electron chi connectivity index (χ3n) is 2.96. The fourth-order valence-corrected chi connectivity index (χ4v) is 2.68. The molecule has 0 radical (unpaired) electrons. The lowest BCUT2D eigenvalue weighted by molar-refractivity contribution is 0.281. The average molecular weight is 291 g/mol. The molecule has 2 rings (SSSR count). The molecule has 2 N–H and O–H groups in total. The maximum Gasteiger partial charge on any atom is 0.180 e. The van der Waals surface area contributed by atoms with Crippen LogP contribution in [0.1, 0.15) is 11.3 Å². The summed E-state index contributed by atoms with van der Waals surface area (Å²) in [6.07, 6.45) is 1.02. The number of benzene rings is 1. The minimum absolute atomic E-state index is 0.613. The van der Waals surface area contributed by atoms with Crippen LogP contribution in [0.25, 0.3) is 11.3 Å². The molecule has 0 amide bonds. The smallest absolute Gasteiger partial charge is 0.180 e. The van der Waals surface area contributed by atoms with Crippen molar-refractivity contribution in [1.82, 2.24) is 9.88 Å². The van der Waals surface area contributed by atoms with Crippen LogP contribution in [0.2, 0.25) is 0 Å². The molecule has 0 aliphatic heterocycles. The Morgan fingerprint density at radius 1 is 1.25 bits per heavy atom. The summed E-state index contributed by atoms with van der Waals surface area (Å²) in [6.45, 7) is 3.81. The van der Waals surface area contributed by atoms with Crippen LogP contribution in [0.4, 0.5) is 5.13 Å². The van der Waals surface area contributed by atoms with Crippen LogP contribution in [-0.2, 0) is 0 Å². The van der Waals surface area contributed by atoms with Crippen LogP contribution in [0.15, 0.2) is 24.3 Å². The standard InChI is InChI=1S/C15H21N3OS/c1-11-14(17-15(16)20-11)12-5-7-13(8-6-12)19-10-4-9-18(2)3/h5-8H,4,9-10H2,1-3H3,(H2,16,17). The molecule has 1 aromatic heterocycles. The fraction of sp³-hybridized carbons (Fsp3) is 0.400. The second-order valence-electron chi connectivity index (χ2n) is 4.99. The van der Waals surface area contributed by atoms with Crippen molar-refractivity contribution in [3.63, 3.8) is 0 Å². The first-order valence-electron chi connectivity index (χ1n) is 6.67. The number of aromatic nitrogens is 1. The zero-order valence-corrected chi connectivity index (χ0v) is 13.0. The highest BCUT2D eigenvalue weighted by Gasteiger charge is 2.07. The van der Waals surface area contributed by atoms with Crippen molar-refractivity contribution in [3.05, 3.63) is 29.1 Å². The fourth-order valence-electron chi connectivity index (χ4n) is 1.96. The number of rotatable bonds is 6. The van der Waals surface area contributed by atoms with E-state index in [1.54, 1.807) is 0 Å². The number of hydrogen-bond acceptors (Lipinski definition) is 5. The van der Waals surface area contributed by atoms with Gasteiger partial charge >= 0.3 is 0 Å². The van der Waals surface area contributed by atoms with E-state index in [1.807, 2.05) is 31.2 Å². The zero-order chi connectivity index (χ0) is 14.5. The minimum atomic E-state index is 0.613. The van der Waals surface area contributed by atoms with E-state index in [4.69, 9.17) is 10.5 Å². The molecule has 0 bridgehead atoms. The Kier molecular flexibility index (Phi) is 4.98. The molecule has 0 atom stereocenters. The van der Waals surface area contributed by atoms with Crippen LogP contribution in [0, 0.1) is 6.92 Å². The van der Waals surface area contributed by atoms with Crippen molar-refractivity contribution in [1.29, 1.82) is 0 Å². The van der Waals surface area contributed by atoms with Gasteiger partial charge in [0.25, 0.3) is 0 Å². The van der Waals surface area contributed by atoms with E-state index in [9.17, 15) is 0 Å². The van der Waals surface area contributed by atoms with Gasteiger partial charge in [-0.25, -0.2) is 4.98 Å². The molecular weight excluding hydrogens is 270 g/mol. The maximum atomic E-state index is 5.73. The summed E-state index contributed by atoms with van der Waals surface area (Å²) in [5.41, 5.74) is 7.78. The third kappa shape index (κ3) is 3.95. The third-order valence-corrected chi connectivity index (χ3v) is 3.76. The molecular formula is C15H21N3OS. The zero-order valence-electron chi connectivity index (χ0n) is 12.2. The Morgan fingerprint density at radius 3 is 2.50 bits per heavy atom. The summed E-state index contributed by atoms with van der Waals surface area (Å²) < 4.78 is 5.71. The van der Waals surface area contributed by atoms with Crippen molar-refractivity contribution in [2.24, 2.45) is 0 Å². The highest BCUT2D eigenvalue weighted by molar-refractivity contribution is 7.15. The van der Waals surface area contributed by atoms with Crippen LogP contribution >= 0.6 is 11.3 Å². The molecule has 0 saturated heterocycles. The topological polar surface area (TPSA) is 51.4 Å². The Balaban J connectivity index is 1.95. The number of aryl methyl sites for hydroxylation is 1. The van der Waals surface area contributed by atoms with Crippen molar-refractivity contribution < 1.29 is 4.74 Å². The predicted molar refractivity (Wildman–Crippen MR) is 85.4 cm³/mol. The van der Waals surface area contributed by atoms with Gasteiger partial charge in [0.1, 0.15) is 5.75 Å². The largest absolute Gasteiger partial charge is 0.494 e. The molecule has 2 aromatic rings. The number of thiazole rings is 1. The van der Waals surface area contributed by atoms with Crippen molar-refractivity contribution >= 4 is 16.5 Å². The van der Waals surface area contributed by atoms with Crippen molar-refractivity contribution in [2.45, 2.75) is 13.3 Å². The molecule has 0 aliphatic carbocycles. The summed E-state index contributed by atoms with van der Waals surface area (Å²) in [4.78, 5) is 7.65. The molecule has 108 valence electrons. The first-order valence-corrected chi connectivity index (χ1v) is 7.49. The van der Waals surface area contributed by atoms with Gasteiger partial charge in [0.2, 0.25) is 0 Å². The second kappa shape index (κ2) is 6.72. The summed E-state index contributed by atoms with van der Waals surface area (Å²) in [5, 5.41) is 0.613. The summed E-state index contributed by atoms with van der Waals surface area (Å²) in [7, 11) is 4.13. The van der Waals surface area contributed by atoms with Gasteiger partial charge in [0.05, 0.1) is 12.3 Å². The lowest BCUT2D eigenvalue weighted by Gasteiger charge is -2.10. The van der Waals surface area contributed by atoms with Gasteiger partial charge in [0.15, 0.2) is 5.13 Å². The van der Waals surface area contributed by atoms with Crippen molar-refractivity contribution in [2.75, 3.05) is 33.0 Å². The van der Waals surface area contributed by atoms with Gasteiger partial charge in [0, 0.05) is 17.0 Å². The number of nitrogens with zero attached hydrogens (tertiary/aromatic N) is 2. The van der Waals surface area contributed by atoms with E-state index in [2.05, 4.69) is 24.0 Å². The van der Waals surface area contributed by atoms with Gasteiger partial charge in [-0.2, -0.15) is 0 Å². The molecule has 0 aliphatic rings. The molecule has 0 unspecified atom stereocenters. The van der Waals surface area contributed by atoms with Crippen molar-refractivity contribution in [3.8, 4) is 17.0 Å². The van der Waals surface area contributed by atoms with E-state index < -0.39 is 0 Å². The lowest BCUT2D eigenvalue weighted by atomic mass is 10.1. The number of ether oxygens (including phenoxy) is 1. The Labute approximate surface area is 124 Å². The van der Waals surface area contributed by atoms with Gasteiger partial charge in [-0.05, 0) is 51.7 Å². The first kappa shape index (κ1) is 14.8. The Hall–Kier alpha value is -1.59. The SMILES string of the molecule is Cc1sc(N)nc1-c1ccc(OCCCN(C)C)cc1. The quantitative estimate of drug-likeness (QED) is 0.831. The second-order valence-corrected chi connectivity index (χ2v) is 6.22. The molecule has 0 spiro atoms. The molecule has 4 nitrogen and oxygen atoms in total. The molecule has 20 heavy (non-hydrogen) atoms. The van der Waals surface area contributed by atoms with E-state index in [-0.39, 0.29) is 0 Å². The maximum absolute atomic E-state index is 5.73. The Morgan fingerprint density at radius 2 is 1.95 bits per heavy atom. The monoisotopic (exact) mass is 291 g/mol. The number of nitrogens with two attached hydrogens (primary N) is 1. The highest BCUT2D eigenvalue weighted by atomic mass is 32.1. The number of anilines is 1. The van der Waals surface area contributed by atoms with Crippen LogP contribution in [0.3, 0.4) is 0 Å². The van der Waals surface area contributed by atoms with Gasteiger partial charge in [-0.1, -0.05) is 0 Å². The van der Waals surface area contributed by atoms with Crippen LogP contribution < -0.4 is 10.5 Å². The van der Waals surface area contributed by atoms with Gasteiger partial charge in [-0.15, -0.1) is 11.3 Å². The highest BCUT2D eigenvalue weighted by Crippen LogP contribution is 2.29. The van der Waals surface area contributed by atoms with E-state index >= 15 is 0 Å². The molecule has 1 heterocycles. The number of hydrogen-bond donors (Lipinski definition) is 1. The average Bonchev–Trinajstić information content (AvgIpc) is 2.74.